The molecular weight excluding hydrogens is 146 g/mol. The first kappa shape index (κ1) is 7.84. The van der Waals surface area contributed by atoms with E-state index in [1.54, 1.807) is 0 Å². The molecule has 0 aromatic rings. The second-order valence-corrected chi connectivity index (χ2v) is 2.59. The minimum atomic E-state index is -0.564. The van der Waals surface area contributed by atoms with Crippen molar-refractivity contribution in [3.63, 3.8) is 0 Å². The fourth-order valence-corrected chi connectivity index (χ4v) is 1.33. The minimum Gasteiger partial charge on any atom is -0.368 e. The largest absolute Gasteiger partial charge is 0.368 e. The third kappa shape index (κ3) is 1.42. The van der Waals surface area contributed by atoms with E-state index in [-0.39, 0.29) is 0 Å². The van der Waals surface area contributed by atoms with Gasteiger partial charge < -0.3 is 16.4 Å². The quantitative estimate of drug-likeness (QED) is 0.512. The van der Waals surface area contributed by atoms with Crippen molar-refractivity contribution in [3.8, 4) is 0 Å². The lowest BCUT2D eigenvalue weighted by Crippen LogP contribution is -2.46. The Labute approximate surface area is 64.3 Å². The van der Waals surface area contributed by atoms with Gasteiger partial charge in [-0.15, -0.1) is 0 Å². The molecule has 1 saturated heterocycles. The summed E-state index contributed by atoms with van der Waals surface area (Å²) in [6, 6.07) is -1.04. The monoisotopic (exact) mass is 157 g/mol. The predicted molar refractivity (Wildman–Crippen MR) is 38.5 cm³/mol. The van der Waals surface area contributed by atoms with Crippen LogP contribution in [0.15, 0.2) is 0 Å². The zero-order chi connectivity index (χ0) is 8.43. The Morgan fingerprint density at radius 1 is 1.36 bits per heavy atom. The molecule has 1 rings (SSSR count). The van der Waals surface area contributed by atoms with Gasteiger partial charge in [0.05, 0.1) is 0 Å². The van der Waals surface area contributed by atoms with Crippen LogP contribution in [-0.4, -0.2) is 29.4 Å². The first-order valence-electron chi connectivity index (χ1n) is 3.48. The van der Waals surface area contributed by atoms with Gasteiger partial charge in [-0.2, -0.15) is 0 Å². The van der Waals surface area contributed by atoms with Crippen molar-refractivity contribution in [3.05, 3.63) is 0 Å². The van der Waals surface area contributed by atoms with Crippen molar-refractivity contribution in [1.29, 1.82) is 0 Å². The van der Waals surface area contributed by atoms with Crippen LogP contribution in [0, 0.1) is 0 Å². The van der Waals surface area contributed by atoms with Crippen LogP contribution >= 0.6 is 0 Å². The Bertz CT molecular complexity index is 172. The maximum Gasteiger partial charge on any atom is 0.315 e. The van der Waals surface area contributed by atoms with Gasteiger partial charge in [0.2, 0.25) is 5.91 Å². The van der Waals surface area contributed by atoms with Crippen LogP contribution in [0.3, 0.4) is 0 Å². The lowest BCUT2D eigenvalue weighted by Gasteiger charge is -2.18. The number of hydrogen-bond donors (Lipinski definition) is 2. The number of primary amides is 2. The lowest BCUT2D eigenvalue weighted by atomic mass is 10.2. The smallest absolute Gasteiger partial charge is 0.315 e. The standard InChI is InChI=1S/C6H11N3O2/c7-5(10)4-2-1-3-9(4)6(8)11/h4H,1-3H2,(H2,7,10)(H2,8,11). The van der Waals surface area contributed by atoms with Gasteiger partial charge in [-0.1, -0.05) is 0 Å². The van der Waals surface area contributed by atoms with Gasteiger partial charge in [-0.25, -0.2) is 4.79 Å². The topological polar surface area (TPSA) is 89.4 Å². The minimum absolute atomic E-state index is 0.471. The number of carbonyl (C=O) groups is 2. The molecule has 1 heterocycles. The summed E-state index contributed by atoms with van der Waals surface area (Å²) in [4.78, 5) is 22.7. The Balaban J connectivity index is 2.65. The van der Waals surface area contributed by atoms with E-state index in [4.69, 9.17) is 11.5 Å². The van der Waals surface area contributed by atoms with Gasteiger partial charge in [0.15, 0.2) is 0 Å². The van der Waals surface area contributed by atoms with Crippen molar-refractivity contribution in [2.45, 2.75) is 18.9 Å². The molecule has 4 N–H and O–H groups in total. The highest BCUT2D eigenvalue weighted by atomic mass is 16.2. The van der Waals surface area contributed by atoms with E-state index in [1.165, 1.54) is 4.90 Å². The maximum atomic E-state index is 10.7. The average molecular weight is 157 g/mol. The summed E-state index contributed by atoms with van der Waals surface area (Å²) in [7, 11) is 0. The number of rotatable bonds is 1. The van der Waals surface area contributed by atoms with E-state index in [0.717, 1.165) is 6.42 Å². The zero-order valence-electron chi connectivity index (χ0n) is 6.12. The predicted octanol–water partition coefficient (Wildman–Crippen LogP) is -0.985. The normalized spacial score (nSPS) is 23.6. The van der Waals surface area contributed by atoms with Gasteiger partial charge >= 0.3 is 6.03 Å². The molecular formula is C6H11N3O2. The summed E-state index contributed by atoms with van der Waals surface area (Å²) in [6.45, 7) is 0.545. The molecule has 0 spiro atoms. The number of carbonyl (C=O) groups excluding carboxylic acids is 2. The van der Waals surface area contributed by atoms with E-state index in [1.807, 2.05) is 0 Å². The molecule has 1 aliphatic rings. The second-order valence-electron chi connectivity index (χ2n) is 2.59. The van der Waals surface area contributed by atoms with E-state index in [9.17, 15) is 9.59 Å². The molecule has 0 bridgehead atoms. The molecule has 0 radical (unpaired) electrons. The molecule has 62 valence electrons. The first-order valence-corrected chi connectivity index (χ1v) is 3.48. The lowest BCUT2D eigenvalue weighted by molar-refractivity contribution is -0.121. The third-order valence-corrected chi connectivity index (χ3v) is 1.86. The molecule has 5 heteroatoms. The van der Waals surface area contributed by atoms with Crippen molar-refractivity contribution in [1.82, 2.24) is 4.90 Å². The van der Waals surface area contributed by atoms with E-state index in [2.05, 4.69) is 0 Å². The Kier molecular flexibility index (Phi) is 1.98. The van der Waals surface area contributed by atoms with Crippen LogP contribution < -0.4 is 11.5 Å². The molecule has 1 unspecified atom stereocenters. The number of nitrogens with zero attached hydrogens (tertiary/aromatic N) is 1. The number of hydrogen-bond acceptors (Lipinski definition) is 2. The highest BCUT2D eigenvalue weighted by molar-refractivity contribution is 5.85. The van der Waals surface area contributed by atoms with Gasteiger partial charge in [0, 0.05) is 6.54 Å². The maximum absolute atomic E-state index is 10.7. The van der Waals surface area contributed by atoms with Gasteiger partial charge in [0.25, 0.3) is 0 Å². The summed E-state index contributed by atoms with van der Waals surface area (Å²) < 4.78 is 0. The van der Waals surface area contributed by atoms with Crippen LogP contribution in [-0.2, 0) is 4.79 Å². The molecule has 0 saturated carbocycles. The number of amides is 3. The second kappa shape index (κ2) is 2.77. The molecule has 1 atom stereocenters. The Morgan fingerprint density at radius 3 is 2.36 bits per heavy atom. The number of nitrogens with two attached hydrogens (primary N) is 2. The fraction of sp³-hybridized carbons (Fsp3) is 0.667. The van der Waals surface area contributed by atoms with Crippen LogP contribution in [0.25, 0.3) is 0 Å². The van der Waals surface area contributed by atoms with Crippen LogP contribution in [0.4, 0.5) is 4.79 Å². The van der Waals surface area contributed by atoms with Gasteiger partial charge in [-0.05, 0) is 12.8 Å². The van der Waals surface area contributed by atoms with E-state index >= 15 is 0 Å². The molecule has 5 nitrogen and oxygen atoms in total. The SMILES string of the molecule is NC(=O)C1CCCN1C(N)=O. The van der Waals surface area contributed by atoms with Crippen molar-refractivity contribution >= 4 is 11.9 Å². The van der Waals surface area contributed by atoms with Crippen molar-refractivity contribution < 1.29 is 9.59 Å². The first-order chi connectivity index (χ1) is 5.13. The highest BCUT2D eigenvalue weighted by Gasteiger charge is 2.30. The zero-order valence-corrected chi connectivity index (χ0v) is 6.12. The van der Waals surface area contributed by atoms with Gasteiger partial charge in [0.1, 0.15) is 6.04 Å². The summed E-state index contributed by atoms with van der Waals surface area (Å²) in [6.07, 6.45) is 1.44. The molecule has 3 amide bonds. The molecule has 0 aliphatic carbocycles. The molecule has 11 heavy (non-hydrogen) atoms. The van der Waals surface area contributed by atoms with Crippen molar-refractivity contribution in [2.24, 2.45) is 11.5 Å². The van der Waals surface area contributed by atoms with Crippen molar-refractivity contribution in [2.75, 3.05) is 6.54 Å². The fourth-order valence-electron chi connectivity index (χ4n) is 1.33. The van der Waals surface area contributed by atoms with E-state index < -0.39 is 18.0 Å². The Morgan fingerprint density at radius 2 is 2.00 bits per heavy atom. The van der Waals surface area contributed by atoms with Gasteiger partial charge in [-0.3, -0.25) is 4.79 Å². The Hall–Kier alpha value is -1.26. The summed E-state index contributed by atoms with van der Waals surface area (Å²) >= 11 is 0. The summed E-state index contributed by atoms with van der Waals surface area (Å²) in [5.41, 5.74) is 10.0. The molecule has 0 aromatic carbocycles. The van der Waals surface area contributed by atoms with Crippen LogP contribution in [0.2, 0.25) is 0 Å². The molecule has 1 fully saturated rings. The van der Waals surface area contributed by atoms with Crippen LogP contribution in [0.5, 0.6) is 0 Å². The highest BCUT2D eigenvalue weighted by Crippen LogP contribution is 2.15. The summed E-state index contributed by atoms with van der Waals surface area (Å²) in [5, 5.41) is 0. The number of likely N-dealkylation sites (tertiary alicyclic amines) is 1. The third-order valence-electron chi connectivity index (χ3n) is 1.86. The molecule has 1 aliphatic heterocycles. The summed E-state index contributed by atoms with van der Waals surface area (Å²) in [5.74, 6) is -0.471. The number of urea groups is 1. The van der Waals surface area contributed by atoms with E-state index in [0.29, 0.717) is 13.0 Å². The molecule has 0 aromatic heterocycles. The van der Waals surface area contributed by atoms with Crippen LogP contribution in [0.1, 0.15) is 12.8 Å². The average Bonchev–Trinajstić information content (AvgIpc) is 2.32.